The molecule has 0 fully saturated rings. The third-order valence-electron chi connectivity index (χ3n) is 5.04. The quantitative estimate of drug-likeness (QED) is 0.460. The third kappa shape index (κ3) is 3.28. The maximum atomic E-state index is 5.68. The first-order valence-electron chi connectivity index (χ1n) is 9.20. The minimum absolute atomic E-state index is 0.0278. The van der Waals surface area contributed by atoms with Gasteiger partial charge in [0.1, 0.15) is 5.75 Å². The van der Waals surface area contributed by atoms with E-state index in [-0.39, 0.29) is 6.04 Å². The van der Waals surface area contributed by atoms with Crippen LogP contribution in [0.2, 0.25) is 0 Å². The predicted molar refractivity (Wildman–Crippen MR) is 113 cm³/mol. The highest BCUT2D eigenvalue weighted by Gasteiger charge is 2.23. The summed E-state index contributed by atoms with van der Waals surface area (Å²) in [4.78, 5) is 3.53. The Balaban J connectivity index is 1.89. The first kappa shape index (κ1) is 17.2. The Morgan fingerprint density at radius 2 is 1.56 bits per heavy atom. The van der Waals surface area contributed by atoms with Crippen LogP contribution in [0.1, 0.15) is 28.4 Å². The molecule has 4 rings (SSSR count). The van der Waals surface area contributed by atoms with Gasteiger partial charge in [0.25, 0.3) is 0 Å². The van der Waals surface area contributed by atoms with E-state index in [0.29, 0.717) is 0 Å². The van der Waals surface area contributed by atoms with Crippen molar-refractivity contribution >= 4 is 16.6 Å². The average molecular weight is 356 g/mol. The summed E-state index contributed by atoms with van der Waals surface area (Å²) in [7, 11) is 1.73. The highest BCUT2D eigenvalue weighted by molar-refractivity contribution is 5.86. The molecule has 0 saturated carbocycles. The zero-order valence-corrected chi connectivity index (χ0v) is 15.9. The van der Waals surface area contributed by atoms with Gasteiger partial charge in [0.05, 0.1) is 13.2 Å². The van der Waals surface area contributed by atoms with Crippen molar-refractivity contribution in [2.45, 2.75) is 19.9 Å². The van der Waals surface area contributed by atoms with E-state index in [2.05, 4.69) is 84.8 Å². The number of H-pyrrole nitrogens is 1. The van der Waals surface area contributed by atoms with E-state index < -0.39 is 0 Å². The van der Waals surface area contributed by atoms with Gasteiger partial charge in [0.15, 0.2) is 0 Å². The van der Waals surface area contributed by atoms with Gasteiger partial charge >= 0.3 is 0 Å². The molecule has 0 aliphatic rings. The first-order valence-corrected chi connectivity index (χ1v) is 9.20. The lowest BCUT2D eigenvalue weighted by atomic mass is 9.95. The molecule has 3 heteroatoms. The molecule has 4 aromatic rings. The van der Waals surface area contributed by atoms with Gasteiger partial charge in [-0.1, -0.05) is 54.1 Å². The number of hydrogen-bond donors (Lipinski definition) is 2. The summed E-state index contributed by atoms with van der Waals surface area (Å²) < 4.78 is 5.68. The van der Waals surface area contributed by atoms with Gasteiger partial charge in [-0.2, -0.15) is 0 Å². The van der Waals surface area contributed by atoms with E-state index in [1.165, 1.54) is 16.5 Å². The fourth-order valence-electron chi connectivity index (χ4n) is 3.70. The van der Waals surface area contributed by atoms with Crippen LogP contribution < -0.4 is 10.1 Å². The minimum atomic E-state index is -0.0278. The molecule has 0 radical (unpaired) electrons. The van der Waals surface area contributed by atoms with Crippen molar-refractivity contribution in [1.29, 1.82) is 0 Å². The predicted octanol–water partition coefficient (Wildman–Crippen LogP) is 5.99. The van der Waals surface area contributed by atoms with E-state index in [1.54, 1.807) is 7.11 Å². The summed E-state index contributed by atoms with van der Waals surface area (Å²) in [6.07, 6.45) is 0. The fraction of sp³-hybridized carbons (Fsp3) is 0.167. The van der Waals surface area contributed by atoms with Gasteiger partial charge in [0.2, 0.25) is 0 Å². The number of para-hydroxylation sites is 2. The number of rotatable bonds is 5. The van der Waals surface area contributed by atoms with E-state index >= 15 is 0 Å². The molecule has 0 aliphatic heterocycles. The van der Waals surface area contributed by atoms with Crippen LogP contribution in [0.5, 0.6) is 5.75 Å². The molecular weight excluding hydrogens is 332 g/mol. The Kier molecular flexibility index (Phi) is 4.59. The molecule has 27 heavy (non-hydrogen) atoms. The van der Waals surface area contributed by atoms with E-state index in [9.17, 15) is 0 Å². The van der Waals surface area contributed by atoms with Gasteiger partial charge in [-0.3, -0.25) is 0 Å². The van der Waals surface area contributed by atoms with Crippen LogP contribution in [-0.2, 0) is 0 Å². The Morgan fingerprint density at radius 1 is 0.852 bits per heavy atom. The number of methoxy groups -OCH3 is 1. The Morgan fingerprint density at radius 3 is 2.33 bits per heavy atom. The summed E-state index contributed by atoms with van der Waals surface area (Å²) in [5, 5.41) is 4.96. The zero-order chi connectivity index (χ0) is 18.8. The molecule has 0 aliphatic carbocycles. The van der Waals surface area contributed by atoms with Crippen molar-refractivity contribution in [3.05, 3.63) is 95.2 Å². The first-order chi connectivity index (χ1) is 13.2. The largest absolute Gasteiger partial charge is 0.496 e. The molecule has 1 heterocycles. The number of benzene rings is 3. The Hall–Kier alpha value is -3.20. The van der Waals surface area contributed by atoms with Crippen LogP contribution >= 0.6 is 0 Å². The summed E-state index contributed by atoms with van der Waals surface area (Å²) >= 11 is 0. The molecule has 0 spiro atoms. The molecule has 0 bridgehead atoms. The van der Waals surface area contributed by atoms with E-state index in [1.807, 2.05) is 12.1 Å². The Labute approximate surface area is 160 Å². The summed E-state index contributed by atoms with van der Waals surface area (Å²) in [5.74, 6) is 0.881. The lowest BCUT2D eigenvalue weighted by Crippen LogP contribution is -2.14. The van der Waals surface area contributed by atoms with Crippen molar-refractivity contribution in [2.75, 3.05) is 12.4 Å². The summed E-state index contributed by atoms with van der Waals surface area (Å²) in [5.41, 5.74) is 7.00. The number of nitrogens with one attached hydrogen (secondary N) is 2. The molecule has 0 amide bonds. The molecule has 1 aromatic heterocycles. The molecular formula is C24H24N2O. The molecule has 3 aromatic carbocycles. The van der Waals surface area contributed by atoms with Crippen LogP contribution in [0, 0.1) is 13.8 Å². The standard InChI is InChI=1S/C24H24N2O/c1-16-12-14-18(15-13-16)26-24(20-9-5-7-11-22(20)27-3)23-17(2)25-21-10-6-4-8-19(21)23/h4-15,24-26H,1-3H3. The lowest BCUT2D eigenvalue weighted by molar-refractivity contribution is 0.408. The average Bonchev–Trinajstić information content (AvgIpc) is 3.03. The van der Waals surface area contributed by atoms with Gasteiger partial charge < -0.3 is 15.0 Å². The van der Waals surface area contributed by atoms with Crippen LogP contribution in [0.15, 0.2) is 72.8 Å². The second kappa shape index (κ2) is 7.20. The van der Waals surface area contributed by atoms with Crippen molar-refractivity contribution < 1.29 is 4.74 Å². The molecule has 136 valence electrons. The fourth-order valence-corrected chi connectivity index (χ4v) is 3.70. The van der Waals surface area contributed by atoms with Crippen molar-refractivity contribution in [3.8, 4) is 5.75 Å². The van der Waals surface area contributed by atoms with Crippen LogP contribution in [0.25, 0.3) is 10.9 Å². The topological polar surface area (TPSA) is 37.0 Å². The van der Waals surface area contributed by atoms with Crippen molar-refractivity contribution in [3.63, 3.8) is 0 Å². The monoisotopic (exact) mass is 356 g/mol. The van der Waals surface area contributed by atoms with Gasteiger partial charge in [-0.15, -0.1) is 0 Å². The zero-order valence-electron chi connectivity index (χ0n) is 15.9. The summed E-state index contributed by atoms with van der Waals surface area (Å²) in [6.45, 7) is 4.24. The smallest absolute Gasteiger partial charge is 0.124 e. The second-order valence-electron chi connectivity index (χ2n) is 6.89. The molecule has 2 N–H and O–H groups in total. The minimum Gasteiger partial charge on any atom is -0.496 e. The molecule has 1 unspecified atom stereocenters. The maximum absolute atomic E-state index is 5.68. The normalized spacial score (nSPS) is 12.1. The number of aromatic amines is 1. The summed E-state index contributed by atoms with van der Waals surface area (Å²) in [6, 6.07) is 25.1. The van der Waals surface area contributed by atoms with Crippen molar-refractivity contribution in [2.24, 2.45) is 0 Å². The van der Waals surface area contributed by atoms with Crippen molar-refractivity contribution in [1.82, 2.24) is 4.98 Å². The number of ether oxygens (including phenoxy) is 1. The molecule has 1 atom stereocenters. The van der Waals surface area contributed by atoms with E-state index in [4.69, 9.17) is 4.74 Å². The Bertz CT molecular complexity index is 1060. The van der Waals surface area contributed by atoms with Gasteiger partial charge in [-0.25, -0.2) is 0 Å². The van der Waals surface area contributed by atoms with Gasteiger partial charge in [-0.05, 0) is 38.1 Å². The van der Waals surface area contributed by atoms with Crippen LogP contribution in [0.3, 0.4) is 0 Å². The highest BCUT2D eigenvalue weighted by Crippen LogP contribution is 2.38. The number of hydrogen-bond acceptors (Lipinski definition) is 2. The third-order valence-corrected chi connectivity index (χ3v) is 5.04. The van der Waals surface area contributed by atoms with Crippen LogP contribution in [-0.4, -0.2) is 12.1 Å². The van der Waals surface area contributed by atoms with Crippen LogP contribution in [0.4, 0.5) is 5.69 Å². The molecule has 3 nitrogen and oxygen atoms in total. The lowest BCUT2D eigenvalue weighted by Gasteiger charge is -2.23. The number of aryl methyl sites for hydroxylation is 2. The van der Waals surface area contributed by atoms with Gasteiger partial charge in [0, 0.05) is 33.4 Å². The number of aromatic nitrogens is 1. The molecule has 0 saturated heterocycles. The second-order valence-corrected chi connectivity index (χ2v) is 6.89. The maximum Gasteiger partial charge on any atom is 0.124 e. The number of anilines is 1. The number of fused-ring (bicyclic) bond motifs is 1. The van der Waals surface area contributed by atoms with E-state index in [0.717, 1.165) is 28.2 Å². The highest BCUT2D eigenvalue weighted by atomic mass is 16.5. The SMILES string of the molecule is COc1ccccc1C(Nc1ccc(C)cc1)c1c(C)[nH]c2ccccc12.